The Morgan fingerprint density at radius 1 is 1.63 bits per heavy atom. The highest BCUT2D eigenvalue weighted by atomic mass is 32.2. The number of aryl methyl sites for hydroxylation is 1. The molecule has 1 saturated heterocycles. The van der Waals surface area contributed by atoms with Gasteiger partial charge in [0.1, 0.15) is 11.5 Å². The van der Waals surface area contributed by atoms with Crippen molar-refractivity contribution in [2.75, 3.05) is 0 Å². The quantitative estimate of drug-likeness (QED) is 0.599. The highest BCUT2D eigenvalue weighted by Gasteiger charge is 2.30. The molecule has 0 aliphatic carbocycles. The largest absolute Gasteiger partial charge is 0.550 e. The van der Waals surface area contributed by atoms with E-state index in [2.05, 4.69) is 15.5 Å². The molecule has 7 nitrogen and oxygen atoms in total. The van der Waals surface area contributed by atoms with Crippen LogP contribution >= 0.6 is 11.8 Å². The van der Waals surface area contributed by atoms with E-state index in [1.54, 1.807) is 19.1 Å². The average Bonchev–Trinajstić information content (AvgIpc) is 2.86. The van der Waals surface area contributed by atoms with E-state index in [1.807, 2.05) is 0 Å². The van der Waals surface area contributed by atoms with Gasteiger partial charge < -0.3 is 19.6 Å². The summed E-state index contributed by atoms with van der Waals surface area (Å²) in [4.78, 5) is 21.8. The summed E-state index contributed by atoms with van der Waals surface area (Å²) in [6, 6.07) is 3.52. The van der Waals surface area contributed by atoms with Gasteiger partial charge in [-0.05, 0) is 19.1 Å². The molecule has 8 heteroatoms. The van der Waals surface area contributed by atoms with Crippen LogP contribution in [0.5, 0.6) is 0 Å². The van der Waals surface area contributed by atoms with Gasteiger partial charge in [0.2, 0.25) is 5.91 Å². The molecule has 0 radical (unpaired) electrons. The lowest BCUT2D eigenvalue weighted by Gasteiger charge is -2.04. The first-order valence-corrected chi connectivity index (χ1v) is 6.27. The standard InChI is InChI=1S/C11H11N3O4S/c1-6-2-3-7(18-6)5-12-14-11-13-10(17)8(19-11)4-9(15)16/h2-3,5,8H,4H2,1H3,(H,15,16)(H,13,14,17)/p-1/b12-5-/t8-/m1/s1. The van der Waals surface area contributed by atoms with Crippen molar-refractivity contribution in [3.05, 3.63) is 23.7 Å². The van der Waals surface area contributed by atoms with Gasteiger partial charge in [-0.3, -0.25) is 4.79 Å². The number of amides is 1. The molecule has 1 aliphatic heterocycles. The topological polar surface area (TPSA) is 107 Å². The summed E-state index contributed by atoms with van der Waals surface area (Å²) in [5.41, 5.74) is 0. The lowest BCUT2D eigenvalue weighted by Crippen LogP contribution is -2.31. The monoisotopic (exact) mass is 280 g/mol. The highest BCUT2D eigenvalue weighted by Crippen LogP contribution is 2.21. The van der Waals surface area contributed by atoms with Gasteiger partial charge in [0.15, 0.2) is 5.17 Å². The molecule has 2 rings (SSSR count). The van der Waals surface area contributed by atoms with E-state index >= 15 is 0 Å². The van der Waals surface area contributed by atoms with Gasteiger partial charge in [-0.1, -0.05) is 11.8 Å². The number of carbonyl (C=O) groups is 2. The van der Waals surface area contributed by atoms with Gasteiger partial charge in [0.05, 0.1) is 11.5 Å². The van der Waals surface area contributed by atoms with Crippen LogP contribution in [0.3, 0.4) is 0 Å². The van der Waals surface area contributed by atoms with E-state index in [-0.39, 0.29) is 11.6 Å². The number of carboxylic acid groups (broad SMARTS) is 1. The number of nitrogens with one attached hydrogen (secondary N) is 1. The van der Waals surface area contributed by atoms with Crippen LogP contribution < -0.4 is 10.4 Å². The molecule has 0 saturated carbocycles. The van der Waals surface area contributed by atoms with Crippen LogP contribution in [0.15, 0.2) is 26.8 Å². The normalized spacial score (nSPS) is 21.2. The van der Waals surface area contributed by atoms with Gasteiger partial charge in [0, 0.05) is 12.4 Å². The number of aliphatic carboxylic acids is 1. The molecule has 1 aromatic heterocycles. The Morgan fingerprint density at radius 3 is 3.05 bits per heavy atom. The molecule has 1 aliphatic rings. The molecule has 1 atom stereocenters. The van der Waals surface area contributed by atoms with E-state index < -0.39 is 17.1 Å². The number of thioether (sulfide) groups is 1. The third-order valence-electron chi connectivity index (χ3n) is 2.22. The van der Waals surface area contributed by atoms with Crippen LogP contribution in [0, 0.1) is 6.92 Å². The molecular formula is C11H10N3O4S-. The molecule has 2 heterocycles. The summed E-state index contributed by atoms with van der Waals surface area (Å²) in [5, 5.41) is 19.9. The molecule has 0 bridgehead atoms. The summed E-state index contributed by atoms with van der Waals surface area (Å²) in [6.45, 7) is 1.81. The number of furan rings is 1. The number of nitrogens with zero attached hydrogens (tertiary/aromatic N) is 2. The molecule has 0 spiro atoms. The zero-order chi connectivity index (χ0) is 13.8. The number of hydrogen-bond donors (Lipinski definition) is 1. The Bertz CT molecular complexity index is 564. The van der Waals surface area contributed by atoms with Crippen molar-refractivity contribution in [3.63, 3.8) is 0 Å². The van der Waals surface area contributed by atoms with Crippen LogP contribution in [-0.4, -0.2) is 28.5 Å². The van der Waals surface area contributed by atoms with Crippen LogP contribution in [0.2, 0.25) is 0 Å². The van der Waals surface area contributed by atoms with Gasteiger partial charge in [-0.2, -0.15) is 5.10 Å². The fourth-order valence-electron chi connectivity index (χ4n) is 1.40. The predicted molar refractivity (Wildman–Crippen MR) is 67.6 cm³/mol. The van der Waals surface area contributed by atoms with Gasteiger partial charge in [0.25, 0.3) is 0 Å². The van der Waals surface area contributed by atoms with Gasteiger partial charge in [-0.15, -0.1) is 5.10 Å². The average molecular weight is 280 g/mol. The summed E-state index contributed by atoms with van der Waals surface area (Å²) >= 11 is 1.01. The molecule has 1 aromatic rings. The van der Waals surface area contributed by atoms with E-state index in [9.17, 15) is 14.7 Å². The van der Waals surface area contributed by atoms with Crippen molar-refractivity contribution in [2.45, 2.75) is 18.6 Å². The molecule has 0 aromatic carbocycles. The third kappa shape index (κ3) is 3.68. The van der Waals surface area contributed by atoms with Crippen molar-refractivity contribution < 1.29 is 19.1 Å². The number of carbonyl (C=O) groups excluding carboxylic acids is 2. The Morgan fingerprint density at radius 2 is 2.42 bits per heavy atom. The summed E-state index contributed by atoms with van der Waals surface area (Å²) < 4.78 is 5.24. The number of carboxylic acids is 1. The molecule has 0 unspecified atom stereocenters. The van der Waals surface area contributed by atoms with Crippen molar-refractivity contribution in [1.82, 2.24) is 5.32 Å². The minimum atomic E-state index is -1.27. The van der Waals surface area contributed by atoms with E-state index in [0.29, 0.717) is 5.76 Å². The van der Waals surface area contributed by atoms with Gasteiger partial charge >= 0.3 is 0 Å². The van der Waals surface area contributed by atoms with Crippen LogP contribution in [-0.2, 0) is 9.59 Å². The van der Waals surface area contributed by atoms with E-state index in [1.165, 1.54) is 6.21 Å². The molecule has 1 amide bonds. The first-order chi connectivity index (χ1) is 9.04. The predicted octanol–water partition coefficient (Wildman–Crippen LogP) is -0.350. The first kappa shape index (κ1) is 13.3. The van der Waals surface area contributed by atoms with Crippen LogP contribution in [0.25, 0.3) is 0 Å². The van der Waals surface area contributed by atoms with Crippen LogP contribution in [0.4, 0.5) is 0 Å². The SMILES string of the molecule is Cc1ccc(/C=N\N=C2\NC(=O)[C@@H](CC(=O)[O-])S2)o1. The minimum Gasteiger partial charge on any atom is -0.550 e. The Hall–Kier alpha value is -2.09. The van der Waals surface area contributed by atoms with E-state index in [4.69, 9.17) is 4.42 Å². The maximum Gasteiger partial charge on any atom is 0.239 e. The fraction of sp³-hybridized carbons (Fsp3) is 0.273. The van der Waals surface area contributed by atoms with Crippen molar-refractivity contribution >= 4 is 35.0 Å². The second-order valence-corrected chi connectivity index (χ2v) is 4.96. The number of rotatable bonds is 4. The van der Waals surface area contributed by atoms with Crippen molar-refractivity contribution in [2.24, 2.45) is 10.2 Å². The Balaban J connectivity index is 1.96. The second kappa shape index (κ2) is 5.70. The second-order valence-electron chi connectivity index (χ2n) is 3.77. The third-order valence-corrected chi connectivity index (χ3v) is 3.30. The summed E-state index contributed by atoms with van der Waals surface area (Å²) in [5.74, 6) is -0.380. The number of hydrogen-bond acceptors (Lipinski definition) is 7. The van der Waals surface area contributed by atoms with Crippen LogP contribution in [0.1, 0.15) is 17.9 Å². The molecule has 100 valence electrons. The van der Waals surface area contributed by atoms with Crippen molar-refractivity contribution in [1.29, 1.82) is 0 Å². The van der Waals surface area contributed by atoms with Crippen molar-refractivity contribution in [3.8, 4) is 0 Å². The maximum atomic E-state index is 11.4. The highest BCUT2D eigenvalue weighted by molar-refractivity contribution is 8.15. The lowest BCUT2D eigenvalue weighted by molar-refractivity contribution is -0.305. The lowest BCUT2D eigenvalue weighted by atomic mass is 10.3. The molecule has 1 N–H and O–H groups in total. The summed E-state index contributed by atoms with van der Waals surface area (Å²) in [7, 11) is 0. The van der Waals surface area contributed by atoms with Gasteiger partial charge in [-0.25, -0.2) is 0 Å². The molecule has 1 fully saturated rings. The van der Waals surface area contributed by atoms with E-state index in [0.717, 1.165) is 17.5 Å². The Kier molecular flexibility index (Phi) is 4.00. The molecule has 19 heavy (non-hydrogen) atoms. The fourth-order valence-corrected chi connectivity index (χ4v) is 2.31. The molecular weight excluding hydrogens is 270 g/mol. The first-order valence-electron chi connectivity index (χ1n) is 5.39. The maximum absolute atomic E-state index is 11.4. The smallest absolute Gasteiger partial charge is 0.239 e. The summed E-state index contributed by atoms with van der Waals surface area (Å²) in [6.07, 6.45) is 1.05. The Labute approximate surface area is 112 Å². The zero-order valence-electron chi connectivity index (χ0n) is 9.95. The zero-order valence-corrected chi connectivity index (χ0v) is 10.8. The minimum absolute atomic E-state index is 0.260. The number of amidine groups is 1.